The van der Waals surface area contributed by atoms with Gasteiger partial charge >= 0.3 is 0 Å². The molecule has 0 saturated carbocycles. The largest absolute Gasteiger partial charge is 0.497 e. The van der Waals surface area contributed by atoms with Gasteiger partial charge < -0.3 is 10.1 Å². The molecule has 1 N–H and O–H groups in total. The monoisotopic (exact) mass is 269 g/mol. The first-order chi connectivity index (χ1) is 9.78. The van der Waals surface area contributed by atoms with Gasteiger partial charge in [0.1, 0.15) is 5.75 Å². The Bertz CT molecular complexity index is 551. The minimum atomic E-state index is 0.196. The van der Waals surface area contributed by atoms with E-state index in [4.69, 9.17) is 4.74 Å². The van der Waals surface area contributed by atoms with Crippen LogP contribution in [0.25, 0.3) is 0 Å². The molecule has 2 nitrogen and oxygen atoms in total. The summed E-state index contributed by atoms with van der Waals surface area (Å²) in [6, 6.07) is 17.3. The van der Waals surface area contributed by atoms with Gasteiger partial charge in [-0.25, -0.2) is 0 Å². The van der Waals surface area contributed by atoms with Crippen LogP contribution in [0.5, 0.6) is 5.75 Å². The minimum Gasteiger partial charge on any atom is -0.497 e. The van der Waals surface area contributed by atoms with Crippen molar-refractivity contribution in [1.29, 1.82) is 0 Å². The number of benzene rings is 2. The molecule has 1 atom stereocenters. The zero-order chi connectivity index (χ0) is 14.4. The lowest BCUT2D eigenvalue weighted by molar-refractivity contribution is 0.414. The Morgan fingerprint density at radius 3 is 2.40 bits per heavy atom. The maximum atomic E-state index is 5.32. The van der Waals surface area contributed by atoms with Crippen LogP contribution in [-0.4, -0.2) is 14.2 Å². The third kappa shape index (κ3) is 3.40. The molecule has 106 valence electrons. The first-order valence-corrected chi connectivity index (χ1v) is 7.18. The van der Waals surface area contributed by atoms with E-state index in [0.29, 0.717) is 0 Å². The standard InChI is InChI=1S/C18H23NO/c1-4-7-14-8-5-9-15(12-14)18(19-2)16-10-6-11-17(13-16)20-3/h5-6,8-13,18-19H,4,7H2,1-3H3. The number of nitrogens with one attached hydrogen (secondary N) is 1. The number of methoxy groups -OCH3 is 1. The van der Waals surface area contributed by atoms with E-state index in [9.17, 15) is 0 Å². The lowest BCUT2D eigenvalue weighted by Crippen LogP contribution is -2.17. The predicted molar refractivity (Wildman–Crippen MR) is 84.3 cm³/mol. The van der Waals surface area contributed by atoms with E-state index in [-0.39, 0.29) is 6.04 Å². The van der Waals surface area contributed by atoms with Gasteiger partial charge in [0.05, 0.1) is 13.2 Å². The van der Waals surface area contributed by atoms with Crippen molar-refractivity contribution in [2.75, 3.05) is 14.2 Å². The van der Waals surface area contributed by atoms with Gasteiger partial charge in [-0.05, 0) is 42.3 Å². The first-order valence-electron chi connectivity index (χ1n) is 7.18. The molecule has 0 aromatic heterocycles. The zero-order valence-corrected chi connectivity index (χ0v) is 12.5. The van der Waals surface area contributed by atoms with Crippen LogP contribution in [0.4, 0.5) is 0 Å². The van der Waals surface area contributed by atoms with Gasteiger partial charge in [-0.3, -0.25) is 0 Å². The lowest BCUT2D eigenvalue weighted by Gasteiger charge is -2.18. The topological polar surface area (TPSA) is 21.3 Å². The Balaban J connectivity index is 2.33. The molecule has 0 radical (unpaired) electrons. The number of aryl methyl sites for hydroxylation is 1. The van der Waals surface area contributed by atoms with Crippen LogP contribution in [0.3, 0.4) is 0 Å². The van der Waals surface area contributed by atoms with Crippen molar-refractivity contribution in [1.82, 2.24) is 5.32 Å². The summed E-state index contributed by atoms with van der Waals surface area (Å²) >= 11 is 0. The molecular weight excluding hydrogens is 246 g/mol. The van der Waals surface area contributed by atoms with E-state index < -0.39 is 0 Å². The summed E-state index contributed by atoms with van der Waals surface area (Å²) in [7, 11) is 3.70. The quantitative estimate of drug-likeness (QED) is 0.857. The summed E-state index contributed by atoms with van der Waals surface area (Å²) in [5.74, 6) is 0.896. The first kappa shape index (κ1) is 14.6. The van der Waals surface area contributed by atoms with Crippen LogP contribution in [0.1, 0.15) is 36.1 Å². The Morgan fingerprint density at radius 2 is 1.75 bits per heavy atom. The molecule has 0 heterocycles. The van der Waals surface area contributed by atoms with Crippen molar-refractivity contribution in [3.8, 4) is 5.75 Å². The van der Waals surface area contributed by atoms with E-state index in [0.717, 1.165) is 12.2 Å². The number of ether oxygens (including phenoxy) is 1. The van der Waals surface area contributed by atoms with E-state index in [1.807, 2.05) is 19.2 Å². The second kappa shape index (κ2) is 7.11. The van der Waals surface area contributed by atoms with Crippen molar-refractivity contribution in [3.63, 3.8) is 0 Å². The molecule has 0 amide bonds. The molecule has 2 aromatic carbocycles. The zero-order valence-electron chi connectivity index (χ0n) is 12.5. The number of rotatable bonds is 6. The third-order valence-electron chi connectivity index (χ3n) is 3.54. The van der Waals surface area contributed by atoms with E-state index in [1.54, 1.807) is 7.11 Å². The van der Waals surface area contributed by atoms with Gasteiger partial charge in [-0.2, -0.15) is 0 Å². The fraction of sp³-hybridized carbons (Fsp3) is 0.333. The lowest BCUT2D eigenvalue weighted by atomic mass is 9.96. The molecular formula is C18H23NO. The molecule has 20 heavy (non-hydrogen) atoms. The molecule has 0 aliphatic carbocycles. The second-order valence-electron chi connectivity index (χ2n) is 4.99. The van der Waals surface area contributed by atoms with Gasteiger partial charge in [-0.15, -0.1) is 0 Å². The minimum absolute atomic E-state index is 0.196. The van der Waals surface area contributed by atoms with Crippen LogP contribution >= 0.6 is 0 Å². The highest BCUT2D eigenvalue weighted by atomic mass is 16.5. The highest BCUT2D eigenvalue weighted by Gasteiger charge is 2.12. The Kier molecular flexibility index (Phi) is 5.19. The summed E-state index contributed by atoms with van der Waals surface area (Å²) < 4.78 is 5.32. The van der Waals surface area contributed by atoms with Gasteiger partial charge in [0.15, 0.2) is 0 Å². The highest BCUT2D eigenvalue weighted by Crippen LogP contribution is 2.25. The molecule has 2 heteroatoms. The van der Waals surface area contributed by atoms with Crippen LogP contribution in [0, 0.1) is 0 Å². The van der Waals surface area contributed by atoms with E-state index >= 15 is 0 Å². The maximum Gasteiger partial charge on any atom is 0.119 e. The van der Waals surface area contributed by atoms with Crippen molar-refractivity contribution >= 4 is 0 Å². The SMILES string of the molecule is CCCc1cccc(C(NC)c2cccc(OC)c2)c1. The summed E-state index contributed by atoms with van der Waals surface area (Å²) in [4.78, 5) is 0. The molecule has 0 aliphatic heterocycles. The smallest absolute Gasteiger partial charge is 0.119 e. The Hall–Kier alpha value is -1.80. The van der Waals surface area contributed by atoms with Crippen molar-refractivity contribution in [3.05, 3.63) is 65.2 Å². The van der Waals surface area contributed by atoms with Gasteiger partial charge in [-0.1, -0.05) is 49.7 Å². The highest BCUT2D eigenvalue weighted by molar-refractivity contribution is 5.38. The third-order valence-corrected chi connectivity index (χ3v) is 3.54. The van der Waals surface area contributed by atoms with Crippen molar-refractivity contribution in [2.45, 2.75) is 25.8 Å². The second-order valence-corrected chi connectivity index (χ2v) is 4.99. The van der Waals surface area contributed by atoms with Crippen LogP contribution in [0.15, 0.2) is 48.5 Å². The average molecular weight is 269 g/mol. The number of hydrogen-bond acceptors (Lipinski definition) is 2. The van der Waals surface area contributed by atoms with Crippen LogP contribution < -0.4 is 10.1 Å². The predicted octanol–water partition coefficient (Wildman–Crippen LogP) is 3.96. The van der Waals surface area contributed by atoms with Crippen molar-refractivity contribution < 1.29 is 4.74 Å². The number of hydrogen-bond donors (Lipinski definition) is 1. The van der Waals surface area contributed by atoms with Crippen LogP contribution in [-0.2, 0) is 6.42 Å². The molecule has 2 rings (SSSR count). The molecule has 1 unspecified atom stereocenters. The summed E-state index contributed by atoms with van der Waals surface area (Å²) in [5, 5.41) is 3.40. The average Bonchev–Trinajstić information content (AvgIpc) is 2.49. The summed E-state index contributed by atoms with van der Waals surface area (Å²) in [5.41, 5.74) is 3.92. The maximum absolute atomic E-state index is 5.32. The Morgan fingerprint density at radius 1 is 1.05 bits per heavy atom. The van der Waals surface area contributed by atoms with E-state index in [2.05, 4.69) is 48.6 Å². The van der Waals surface area contributed by atoms with E-state index in [1.165, 1.54) is 23.1 Å². The van der Waals surface area contributed by atoms with Crippen molar-refractivity contribution in [2.24, 2.45) is 0 Å². The van der Waals surface area contributed by atoms with Gasteiger partial charge in [0.25, 0.3) is 0 Å². The normalized spacial score (nSPS) is 12.2. The molecule has 0 saturated heterocycles. The fourth-order valence-electron chi connectivity index (χ4n) is 2.56. The molecule has 2 aromatic rings. The van der Waals surface area contributed by atoms with Gasteiger partial charge in [0, 0.05) is 0 Å². The Labute approximate surface area is 121 Å². The summed E-state index contributed by atoms with van der Waals surface area (Å²) in [6.07, 6.45) is 2.30. The molecule has 0 aliphatic rings. The molecule has 0 spiro atoms. The fourth-order valence-corrected chi connectivity index (χ4v) is 2.56. The summed E-state index contributed by atoms with van der Waals surface area (Å²) in [6.45, 7) is 2.21. The molecule has 0 fully saturated rings. The van der Waals surface area contributed by atoms with Crippen LogP contribution in [0.2, 0.25) is 0 Å². The molecule has 0 bridgehead atoms. The van der Waals surface area contributed by atoms with Gasteiger partial charge in [0.2, 0.25) is 0 Å².